The van der Waals surface area contributed by atoms with Gasteiger partial charge in [-0.1, -0.05) is 20.8 Å². The highest BCUT2D eigenvalue weighted by Gasteiger charge is 2.33. The van der Waals surface area contributed by atoms with Gasteiger partial charge in [-0.3, -0.25) is 4.79 Å². The first-order valence-electron chi connectivity index (χ1n) is 4.35. The topological polar surface area (TPSA) is 20.3 Å². The number of halogens is 1. The molecule has 3 heteroatoms. The van der Waals surface area contributed by atoms with Crippen LogP contribution in [0.1, 0.15) is 27.2 Å². The van der Waals surface area contributed by atoms with Crippen LogP contribution >= 0.6 is 11.6 Å². The average molecular weight is 190 g/mol. The maximum Gasteiger partial charge on any atom is 0.316 e. The summed E-state index contributed by atoms with van der Waals surface area (Å²) in [6, 6.07) is 0. The van der Waals surface area contributed by atoms with Crippen LogP contribution in [0.25, 0.3) is 0 Å². The zero-order chi connectivity index (χ0) is 9.35. The van der Waals surface area contributed by atoms with Crippen molar-refractivity contribution in [2.45, 2.75) is 27.2 Å². The quantitative estimate of drug-likeness (QED) is 0.424. The highest BCUT2D eigenvalue weighted by Crippen LogP contribution is 2.33. The van der Waals surface area contributed by atoms with Gasteiger partial charge in [0.25, 0.3) is 0 Å². The summed E-state index contributed by atoms with van der Waals surface area (Å²) in [5.74, 6) is 0.597. The molecule has 1 aliphatic rings. The maximum absolute atomic E-state index is 10.8. The van der Waals surface area contributed by atoms with Crippen LogP contribution in [-0.2, 0) is 0 Å². The van der Waals surface area contributed by atoms with E-state index in [1.54, 1.807) is 4.90 Å². The van der Waals surface area contributed by atoms with Crippen molar-refractivity contribution in [1.82, 2.24) is 4.90 Å². The van der Waals surface area contributed by atoms with E-state index in [1.165, 1.54) is 0 Å². The first kappa shape index (κ1) is 9.85. The van der Waals surface area contributed by atoms with E-state index in [-0.39, 0.29) is 5.37 Å². The molecule has 0 bridgehead atoms. The third kappa shape index (κ3) is 2.13. The number of hydrogen-bond donors (Lipinski definition) is 0. The third-order valence-electron chi connectivity index (χ3n) is 2.66. The molecule has 0 N–H and O–H groups in total. The van der Waals surface area contributed by atoms with Gasteiger partial charge in [-0.05, 0) is 29.4 Å². The van der Waals surface area contributed by atoms with E-state index in [2.05, 4.69) is 20.8 Å². The molecule has 1 fully saturated rings. The van der Waals surface area contributed by atoms with Gasteiger partial charge < -0.3 is 4.90 Å². The zero-order valence-electron chi connectivity index (χ0n) is 7.93. The fourth-order valence-corrected chi connectivity index (χ4v) is 1.78. The smallest absolute Gasteiger partial charge is 0.316 e. The molecular formula is C9H16ClNO. The van der Waals surface area contributed by atoms with E-state index >= 15 is 0 Å². The van der Waals surface area contributed by atoms with Crippen molar-refractivity contribution >= 4 is 17.0 Å². The Kier molecular flexibility index (Phi) is 2.67. The second kappa shape index (κ2) is 3.25. The molecule has 1 amide bonds. The molecule has 0 saturated carbocycles. The highest BCUT2D eigenvalue weighted by molar-refractivity contribution is 6.62. The number of hydrogen-bond acceptors (Lipinski definition) is 1. The number of nitrogens with zero attached hydrogens (tertiary/aromatic N) is 1. The van der Waals surface area contributed by atoms with E-state index < -0.39 is 0 Å². The molecule has 0 aliphatic carbocycles. The van der Waals surface area contributed by atoms with Crippen LogP contribution in [0.2, 0.25) is 0 Å². The van der Waals surface area contributed by atoms with Crippen LogP contribution in [0.15, 0.2) is 0 Å². The summed E-state index contributed by atoms with van der Waals surface area (Å²) in [5.41, 5.74) is 0.293. The summed E-state index contributed by atoms with van der Waals surface area (Å²) in [7, 11) is 0. The van der Waals surface area contributed by atoms with Crippen molar-refractivity contribution in [1.29, 1.82) is 0 Å². The lowest BCUT2D eigenvalue weighted by Gasteiger charge is -2.26. The first-order chi connectivity index (χ1) is 5.41. The van der Waals surface area contributed by atoms with Gasteiger partial charge in [0.05, 0.1) is 0 Å². The van der Waals surface area contributed by atoms with Crippen molar-refractivity contribution in [3.63, 3.8) is 0 Å². The normalized spacial score (nSPS) is 24.7. The van der Waals surface area contributed by atoms with E-state index in [0.29, 0.717) is 11.3 Å². The lowest BCUT2D eigenvalue weighted by atomic mass is 9.80. The van der Waals surface area contributed by atoms with E-state index in [9.17, 15) is 4.79 Å². The van der Waals surface area contributed by atoms with Crippen LogP contribution in [-0.4, -0.2) is 23.4 Å². The zero-order valence-corrected chi connectivity index (χ0v) is 8.69. The highest BCUT2D eigenvalue weighted by atomic mass is 35.5. The number of carbonyl (C=O) groups excluding carboxylic acids is 1. The molecule has 0 aromatic rings. The van der Waals surface area contributed by atoms with E-state index in [1.807, 2.05) is 0 Å². The van der Waals surface area contributed by atoms with Gasteiger partial charge in [0.1, 0.15) is 0 Å². The molecule has 0 aromatic carbocycles. The Bertz CT molecular complexity index is 185. The molecule has 0 aromatic heterocycles. The summed E-state index contributed by atoms with van der Waals surface area (Å²) < 4.78 is 0. The Hall–Kier alpha value is -0.240. The van der Waals surface area contributed by atoms with Crippen molar-refractivity contribution in [3.8, 4) is 0 Å². The summed E-state index contributed by atoms with van der Waals surface area (Å²) in [5, 5.41) is -0.304. The van der Waals surface area contributed by atoms with Crippen molar-refractivity contribution in [3.05, 3.63) is 0 Å². The SMILES string of the molecule is CC(C)(C)C1CCN(C(=O)Cl)C1. The van der Waals surface area contributed by atoms with Crippen LogP contribution < -0.4 is 0 Å². The lowest BCUT2D eigenvalue weighted by molar-refractivity contribution is 0.216. The summed E-state index contributed by atoms with van der Waals surface area (Å²) in [4.78, 5) is 12.5. The van der Waals surface area contributed by atoms with Crippen molar-refractivity contribution in [2.24, 2.45) is 11.3 Å². The minimum atomic E-state index is -0.304. The monoisotopic (exact) mass is 189 g/mol. The molecule has 70 valence electrons. The number of rotatable bonds is 0. The Morgan fingerprint density at radius 2 is 2.08 bits per heavy atom. The molecule has 2 nitrogen and oxygen atoms in total. The molecule has 12 heavy (non-hydrogen) atoms. The average Bonchev–Trinajstić information content (AvgIpc) is 2.30. The fraction of sp³-hybridized carbons (Fsp3) is 0.889. The summed E-state index contributed by atoms with van der Waals surface area (Å²) in [6.45, 7) is 8.27. The first-order valence-corrected chi connectivity index (χ1v) is 4.73. The van der Waals surface area contributed by atoms with Gasteiger partial charge in [0.2, 0.25) is 0 Å². The molecule has 1 atom stereocenters. The second-order valence-electron chi connectivity index (χ2n) is 4.55. The predicted octanol–water partition coefficient (Wildman–Crippen LogP) is 2.71. The number of carbonyl (C=O) groups is 1. The van der Waals surface area contributed by atoms with Crippen LogP contribution in [0.3, 0.4) is 0 Å². The minimum Gasteiger partial charge on any atom is -0.329 e. The van der Waals surface area contributed by atoms with Gasteiger partial charge in [-0.2, -0.15) is 0 Å². The Labute approximate surface area is 78.9 Å². The Balaban J connectivity index is 2.51. The van der Waals surface area contributed by atoms with Crippen molar-refractivity contribution in [2.75, 3.05) is 13.1 Å². The van der Waals surface area contributed by atoms with E-state index in [0.717, 1.165) is 19.5 Å². The van der Waals surface area contributed by atoms with Crippen LogP contribution in [0.5, 0.6) is 0 Å². The predicted molar refractivity (Wildman–Crippen MR) is 50.4 cm³/mol. The molecule has 1 saturated heterocycles. The van der Waals surface area contributed by atoms with Gasteiger partial charge in [-0.15, -0.1) is 0 Å². The molecule has 0 spiro atoms. The fourth-order valence-electron chi connectivity index (χ4n) is 1.63. The summed E-state index contributed by atoms with van der Waals surface area (Å²) in [6.07, 6.45) is 1.09. The van der Waals surface area contributed by atoms with Gasteiger partial charge in [-0.25, -0.2) is 0 Å². The van der Waals surface area contributed by atoms with Crippen LogP contribution in [0.4, 0.5) is 4.79 Å². The molecule has 1 unspecified atom stereocenters. The minimum absolute atomic E-state index is 0.293. The lowest BCUT2D eigenvalue weighted by Crippen LogP contribution is -2.27. The molecular weight excluding hydrogens is 174 g/mol. The Morgan fingerprint density at radius 3 is 2.33 bits per heavy atom. The van der Waals surface area contributed by atoms with Gasteiger partial charge in [0.15, 0.2) is 0 Å². The van der Waals surface area contributed by atoms with E-state index in [4.69, 9.17) is 11.6 Å². The molecule has 1 aliphatic heterocycles. The maximum atomic E-state index is 10.8. The number of amides is 1. The summed E-state index contributed by atoms with van der Waals surface area (Å²) >= 11 is 5.39. The largest absolute Gasteiger partial charge is 0.329 e. The number of likely N-dealkylation sites (tertiary alicyclic amines) is 1. The standard InChI is InChI=1S/C9H16ClNO/c1-9(2,3)7-4-5-11(6-7)8(10)12/h7H,4-6H2,1-3H3. The molecule has 1 rings (SSSR count). The molecule has 1 heterocycles. The van der Waals surface area contributed by atoms with Gasteiger partial charge in [0, 0.05) is 13.1 Å². The molecule has 0 radical (unpaired) electrons. The third-order valence-corrected chi connectivity index (χ3v) is 2.90. The van der Waals surface area contributed by atoms with Crippen molar-refractivity contribution < 1.29 is 4.79 Å². The second-order valence-corrected chi connectivity index (χ2v) is 4.87. The van der Waals surface area contributed by atoms with Gasteiger partial charge >= 0.3 is 5.37 Å². The van der Waals surface area contributed by atoms with Crippen LogP contribution in [0, 0.1) is 11.3 Å². The Morgan fingerprint density at radius 1 is 1.50 bits per heavy atom.